The maximum Gasteiger partial charge on any atom is 0.151 e. The molecule has 134 valence electrons. The summed E-state index contributed by atoms with van der Waals surface area (Å²) in [6.07, 6.45) is 1.67. The fourth-order valence-corrected chi connectivity index (χ4v) is 2.62. The predicted octanol–water partition coefficient (Wildman–Crippen LogP) is 5.31. The second-order valence-corrected chi connectivity index (χ2v) is 8.59. The van der Waals surface area contributed by atoms with E-state index in [9.17, 15) is 9.59 Å². The lowest BCUT2D eigenvalue weighted by Gasteiger charge is -2.19. The number of hydrogen-bond acceptors (Lipinski definition) is 2. The Morgan fingerprint density at radius 2 is 1.00 bits per heavy atom. The molecule has 0 fully saturated rings. The van der Waals surface area contributed by atoms with Crippen LogP contribution in [0.2, 0.25) is 0 Å². The molecule has 2 heteroatoms. The first-order chi connectivity index (χ1) is 12.1. The molecular weight excluding hydrogens is 320 g/mol. The Kier molecular flexibility index (Phi) is 5.52. The van der Waals surface area contributed by atoms with Gasteiger partial charge < -0.3 is 0 Å². The molecule has 2 aromatic carbocycles. The summed E-state index contributed by atoms with van der Waals surface area (Å²) in [6, 6.07) is 11.5. The molecule has 0 radical (unpaired) electrons. The first kappa shape index (κ1) is 19.7. The van der Waals surface area contributed by atoms with Gasteiger partial charge in [0.2, 0.25) is 0 Å². The van der Waals surface area contributed by atoms with E-state index in [4.69, 9.17) is 0 Å². The van der Waals surface area contributed by atoms with Crippen molar-refractivity contribution in [2.24, 2.45) is 0 Å². The Balaban J connectivity index is 2.46. The lowest BCUT2D eigenvalue weighted by Crippen LogP contribution is -2.12. The summed E-state index contributed by atoms with van der Waals surface area (Å²) >= 11 is 0. The number of rotatable bonds is 2. The topological polar surface area (TPSA) is 34.1 Å². The van der Waals surface area contributed by atoms with Gasteiger partial charge in [-0.1, -0.05) is 65.5 Å². The van der Waals surface area contributed by atoms with Crippen LogP contribution in [0.5, 0.6) is 0 Å². The Hall–Kier alpha value is -2.66. The molecule has 2 aromatic rings. The highest BCUT2D eigenvalue weighted by molar-refractivity contribution is 5.82. The van der Waals surface area contributed by atoms with Gasteiger partial charge in [-0.2, -0.15) is 0 Å². The average molecular weight is 346 g/mol. The van der Waals surface area contributed by atoms with Crippen LogP contribution < -0.4 is 0 Å². The monoisotopic (exact) mass is 346 g/mol. The number of carbonyl (C=O) groups excluding carboxylic acids is 2. The molecule has 0 aliphatic carbocycles. The van der Waals surface area contributed by atoms with E-state index in [1.807, 2.05) is 36.4 Å². The van der Waals surface area contributed by atoms with Crippen molar-refractivity contribution in [3.8, 4) is 11.8 Å². The molecular formula is C24H26O2. The lowest BCUT2D eigenvalue weighted by atomic mass is 9.85. The van der Waals surface area contributed by atoms with Crippen molar-refractivity contribution in [1.82, 2.24) is 0 Å². The smallest absolute Gasteiger partial charge is 0.151 e. The van der Waals surface area contributed by atoms with Crippen LogP contribution in [0.15, 0.2) is 36.4 Å². The third-order valence-electron chi connectivity index (χ3n) is 4.42. The summed E-state index contributed by atoms with van der Waals surface area (Å²) in [4.78, 5) is 22.9. The molecule has 0 saturated heterocycles. The summed E-state index contributed by atoms with van der Waals surface area (Å²) in [5, 5.41) is 0. The summed E-state index contributed by atoms with van der Waals surface area (Å²) in [5.74, 6) is 6.10. The number of carbonyl (C=O) groups is 2. The van der Waals surface area contributed by atoms with Gasteiger partial charge in [-0.05, 0) is 46.2 Å². The van der Waals surface area contributed by atoms with Crippen molar-refractivity contribution in [1.29, 1.82) is 0 Å². The van der Waals surface area contributed by atoms with Crippen LogP contribution in [0.3, 0.4) is 0 Å². The second-order valence-electron chi connectivity index (χ2n) is 8.59. The summed E-state index contributed by atoms with van der Waals surface area (Å²) in [5.41, 5.74) is 4.61. The Morgan fingerprint density at radius 3 is 1.27 bits per heavy atom. The normalized spacial score (nSPS) is 11.5. The first-order valence-electron chi connectivity index (χ1n) is 8.77. The van der Waals surface area contributed by atoms with Gasteiger partial charge in [-0.25, -0.2) is 0 Å². The Morgan fingerprint density at radius 1 is 0.654 bits per heavy atom. The largest absolute Gasteiger partial charge is 0.298 e. The molecule has 2 nitrogen and oxygen atoms in total. The Bertz CT molecular complexity index is 821. The van der Waals surface area contributed by atoms with E-state index in [1.165, 1.54) is 0 Å². The van der Waals surface area contributed by atoms with Gasteiger partial charge in [-0.15, -0.1) is 0 Å². The molecule has 0 spiro atoms. The zero-order valence-corrected chi connectivity index (χ0v) is 16.4. The highest BCUT2D eigenvalue weighted by atomic mass is 16.1. The number of hydrogen-bond donors (Lipinski definition) is 0. The number of aldehydes is 2. The molecule has 0 bridgehead atoms. The van der Waals surface area contributed by atoms with E-state index in [2.05, 4.69) is 53.4 Å². The predicted molar refractivity (Wildman–Crippen MR) is 107 cm³/mol. The SMILES string of the molecule is CC(C)(C)c1ccc(C#Cc2ccc(C(C)(C)C)cc2C=O)c(C=O)c1. The molecule has 2 rings (SSSR count). The molecule has 0 unspecified atom stereocenters. The van der Waals surface area contributed by atoms with E-state index >= 15 is 0 Å². The van der Waals surface area contributed by atoms with Gasteiger partial charge in [0.15, 0.2) is 12.6 Å². The van der Waals surface area contributed by atoms with E-state index in [1.54, 1.807) is 0 Å². The minimum atomic E-state index is -0.0306. The van der Waals surface area contributed by atoms with Crippen molar-refractivity contribution in [3.63, 3.8) is 0 Å². The minimum Gasteiger partial charge on any atom is -0.298 e. The maximum absolute atomic E-state index is 11.5. The van der Waals surface area contributed by atoms with E-state index in [-0.39, 0.29) is 10.8 Å². The molecule has 0 atom stereocenters. The van der Waals surface area contributed by atoms with Crippen LogP contribution in [-0.4, -0.2) is 12.6 Å². The standard InChI is InChI=1S/C24H26O2/c1-23(2,3)21-11-9-17(19(13-21)15-25)7-8-18-10-12-22(24(4,5)6)14-20(18)16-26/h9-16H,1-6H3. The van der Waals surface area contributed by atoms with Crippen LogP contribution in [0.25, 0.3) is 0 Å². The highest BCUT2D eigenvalue weighted by Crippen LogP contribution is 2.25. The molecule has 0 saturated carbocycles. The van der Waals surface area contributed by atoms with E-state index < -0.39 is 0 Å². The molecule has 0 N–H and O–H groups in total. The fraction of sp³-hybridized carbons (Fsp3) is 0.333. The van der Waals surface area contributed by atoms with Crippen LogP contribution in [0.1, 0.15) is 84.5 Å². The zero-order valence-electron chi connectivity index (χ0n) is 16.4. The molecule has 0 aromatic heterocycles. The molecule has 0 heterocycles. The van der Waals surface area contributed by atoms with Crippen molar-refractivity contribution in [3.05, 3.63) is 69.8 Å². The van der Waals surface area contributed by atoms with Gasteiger partial charge in [0.25, 0.3) is 0 Å². The van der Waals surface area contributed by atoms with Crippen LogP contribution >= 0.6 is 0 Å². The van der Waals surface area contributed by atoms with Crippen molar-refractivity contribution < 1.29 is 9.59 Å². The summed E-state index contributed by atoms with van der Waals surface area (Å²) in [6.45, 7) is 12.6. The maximum atomic E-state index is 11.5. The second kappa shape index (κ2) is 7.30. The highest BCUT2D eigenvalue weighted by Gasteiger charge is 2.16. The average Bonchev–Trinajstić information content (AvgIpc) is 2.57. The summed E-state index contributed by atoms with van der Waals surface area (Å²) in [7, 11) is 0. The van der Waals surface area contributed by atoms with Crippen molar-refractivity contribution in [2.45, 2.75) is 52.4 Å². The van der Waals surface area contributed by atoms with Gasteiger partial charge in [-0.3, -0.25) is 9.59 Å². The fourth-order valence-electron chi connectivity index (χ4n) is 2.62. The third-order valence-corrected chi connectivity index (χ3v) is 4.42. The van der Waals surface area contributed by atoms with Crippen LogP contribution in [0.4, 0.5) is 0 Å². The molecule has 26 heavy (non-hydrogen) atoms. The van der Waals surface area contributed by atoms with Gasteiger partial charge >= 0.3 is 0 Å². The van der Waals surface area contributed by atoms with Crippen LogP contribution in [-0.2, 0) is 10.8 Å². The molecule has 0 aliphatic rings. The first-order valence-corrected chi connectivity index (χ1v) is 8.77. The Labute approximate surface area is 156 Å². The summed E-state index contributed by atoms with van der Waals surface area (Å²) < 4.78 is 0. The molecule has 0 aliphatic heterocycles. The van der Waals surface area contributed by atoms with Gasteiger partial charge in [0.1, 0.15) is 0 Å². The van der Waals surface area contributed by atoms with E-state index in [0.29, 0.717) is 22.3 Å². The van der Waals surface area contributed by atoms with E-state index in [0.717, 1.165) is 23.7 Å². The lowest BCUT2D eigenvalue weighted by molar-refractivity contribution is 0.111. The van der Waals surface area contributed by atoms with Crippen molar-refractivity contribution in [2.75, 3.05) is 0 Å². The van der Waals surface area contributed by atoms with Gasteiger partial charge in [0.05, 0.1) is 0 Å². The van der Waals surface area contributed by atoms with Crippen LogP contribution in [0, 0.1) is 11.8 Å². The third kappa shape index (κ3) is 4.49. The van der Waals surface area contributed by atoms with Gasteiger partial charge in [0, 0.05) is 22.3 Å². The zero-order chi connectivity index (χ0) is 19.5. The van der Waals surface area contributed by atoms with Crippen molar-refractivity contribution >= 4 is 12.6 Å². The molecule has 0 amide bonds. The number of benzene rings is 2. The quantitative estimate of drug-likeness (QED) is 0.546. The minimum absolute atomic E-state index is 0.0306.